The molecule has 6 nitrogen and oxygen atoms in total. The molecule has 0 aliphatic heterocycles. The van der Waals surface area contributed by atoms with E-state index >= 15 is 0 Å². The van der Waals surface area contributed by atoms with Gasteiger partial charge in [0.1, 0.15) is 5.76 Å². The van der Waals surface area contributed by atoms with Crippen LogP contribution in [0.25, 0.3) is 11.3 Å². The fourth-order valence-corrected chi connectivity index (χ4v) is 2.65. The highest BCUT2D eigenvalue weighted by molar-refractivity contribution is 7.80. The molecule has 0 saturated carbocycles. The molecule has 0 spiro atoms. The Balaban J connectivity index is 1.68. The summed E-state index contributed by atoms with van der Waals surface area (Å²) >= 11 is 10.9. The van der Waals surface area contributed by atoms with Gasteiger partial charge in [0.05, 0.1) is 5.97 Å². The van der Waals surface area contributed by atoms with Gasteiger partial charge in [0, 0.05) is 21.8 Å². The minimum Gasteiger partial charge on any atom is -0.545 e. The molecule has 2 N–H and O–H groups in total. The zero-order valence-electron chi connectivity index (χ0n) is 13.7. The van der Waals surface area contributed by atoms with Gasteiger partial charge < -0.3 is 19.6 Å². The highest BCUT2D eigenvalue weighted by Gasteiger charge is 2.14. The minimum absolute atomic E-state index is 0.0530. The molecule has 0 aliphatic carbocycles. The number of anilines is 1. The number of nitrogens with one attached hydrogen (secondary N) is 2. The first-order valence-corrected chi connectivity index (χ1v) is 8.51. The summed E-state index contributed by atoms with van der Waals surface area (Å²) in [6.45, 7) is 0. The third kappa shape index (κ3) is 4.52. The summed E-state index contributed by atoms with van der Waals surface area (Å²) in [5.74, 6) is -1.38. The molecule has 1 heterocycles. The topological polar surface area (TPSA) is 94.4 Å². The van der Waals surface area contributed by atoms with E-state index in [-0.39, 0.29) is 22.1 Å². The summed E-state index contributed by atoms with van der Waals surface area (Å²) in [7, 11) is 0. The Bertz CT molecular complexity index is 1010. The fraction of sp³-hybridized carbons (Fsp3) is 0. The number of furan rings is 1. The van der Waals surface area contributed by atoms with Crippen LogP contribution < -0.4 is 15.7 Å². The number of hydrogen-bond acceptors (Lipinski definition) is 5. The van der Waals surface area contributed by atoms with Gasteiger partial charge in [0.15, 0.2) is 10.9 Å². The van der Waals surface area contributed by atoms with Crippen LogP contribution in [0.4, 0.5) is 5.69 Å². The maximum Gasteiger partial charge on any atom is 0.293 e. The van der Waals surface area contributed by atoms with Gasteiger partial charge in [-0.15, -0.1) is 0 Å². The summed E-state index contributed by atoms with van der Waals surface area (Å²) < 4.78 is 5.54. The lowest BCUT2D eigenvalue weighted by molar-refractivity contribution is -0.254. The number of carboxylic acid groups (broad SMARTS) is 1. The van der Waals surface area contributed by atoms with Crippen molar-refractivity contribution >= 4 is 46.5 Å². The quantitative estimate of drug-likeness (QED) is 0.655. The Hall–Kier alpha value is -3.16. The van der Waals surface area contributed by atoms with Crippen molar-refractivity contribution in [2.75, 3.05) is 5.32 Å². The van der Waals surface area contributed by atoms with E-state index in [0.717, 1.165) is 5.56 Å². The van der Waals surface area contributed by atoms with Crippen molar-refractivity contribution in [1.82, 2.24) is 5.32 Å². The smallest absolute Gasteiger partial charge is 0.293 e. The van der Waals surface area contributed by atoms with E-state index in [9.17, 15) is 14.7 Å². The second-order valence-electron chi connectivity index (χ2n) is 5.41. The van der Waals surface area contributed by atoms with Gasteiger partial charge in [0.25, 0.3) is 5.91 Å². The molecular formula is C19H12ClN2O4S-. The predicted molar refractivity (Wildman–Crippen MR) is 104 cm³/mol. The maximum atomic E-state index is 12.3. The van der Waals surface area contributed by atoms with Gasteiger partial charge in [-0.25, -0.2) is 0 Å². The van der Waals surface area contributed by atoms with Crippen LogP contribution in [-0.4, -0.2) is 17.0 Å². The molecule has 136 valence electrons. The summed E-state index contributed by atoms with van der Waals surface area (Å²) in [6.07, 6.45) is 0. The molecule has 2 aromatic carbocycles. The highest BCUT2D eigenvalue weighted by Crippen LogP contribution is 2.23. The molecular weight excluding hydrogens is 388 g/mol. The van der Waals surface area contributed by atoms with Crippen molar-refractivity contribution in [3.8, 4) is 11.3 Å². The van der Waals surface area contributed by atoms with Gasteiger partial charge in [0.2, 0.25) is 0 Å². The molecule has 0 unspecified atom stereocenters. The van der Waals surface area contributed by atoms with Crippen LogP contribution in [0.5, 0.6) is 0 Å². The molecule has 1 aromatic heterocycles. The maximum absolute atomic E-state index is 12.3. The highest BCUT2D eigenvalue weighted by atomic mass is 35.5. The number of carbonyl (C=O) groups excluding carboxylic acids is 2. The largest absolute Gasteiger partial charge is 0.545 e. The molecule has 27 heavy (non-hydrogen) atoms. The molecule has 3 aromatic rings. The van der Waals surface area contributed by atoms with Gasteiger partial charge >= 0.3 is 0 Å². The van der Waals surface area contributed by atoms with Crippen LogP contribution in [0.3, 0.4) is 0 Å². The Morgan fingerprint density at radius 2 is 1.70 bits per heavy atom. The van der Waals surface area contributed by atoms with E-state index in [4.69, 9.17) is 28.2 Å². The Kier molecular flexibility index (Phi) is 5.54. The Morgan fingerprint density at radius 3 is 2.41 bits per heavy atom. The van der Waals surface area contributed by atoms with Crippen LogP contribution in [-0.2, 0) is 0 Å². The Labute approximate surface area is 164 Å². The second-order valence-corrected chi connectivity index (χ2v) is 6.26. The van der Waals surface area contributed by atoms with E-state index in [0.29, 0.717) is 10.8 Å². The number of para-hydroxylation sites is 1. The van der Waals surface area contributed by atoms with Crippen molar-refractivity contribution in [3.63, 3.8) is 0 Å². The second kappa shape index (κ2) is 8.03. The number of aromatic carboxylic acids is 1. The first-order chi connectivity index (χ1) is 12.9. The first-order valence-electron chi connectivity index (χ1n) is 7.72. The number of halogens is 1. The van der Waals surface area contributed by atoms with E-state index in [1.807, 2.05) is 0 Å². The van der Waals surface area contributed by atoms with Crippen LogP contribution >= 0.6 is 23.8 Å². The van der Waals surface area contributed by atoms with Crippen LogP contribution in [0, 0.1) is 0 Å². The fourth-order valence-electron chi connectivity index (χ4n) is 2.32. The molecule has 0 aliphatic rings. The molecule has 1 amide bonds. The summed E-state index contributed by atoms with van der Waals surface area (Å²) in [5, 5.41) is 16.7. The molecule has 0 fully saturated rings. The minimum atomic E-state index is -1.36. The van der Waals surface area contributed by atoms with Gasteiger partial charge in [-0.1, -0.05) is 29.8 Å². The molecule has 0 bridgehead atoms. The standard InChI is InChI=1S/C19H13ClN2O4S/c20-12-7-5-11(6-8-12)15-9-10-16(26-15)17(23)22-19(27)21-14-4-2-1-3-13(14)18(24)25/h1-10H,(H,24,25)(H2,21,22,23,27)/p-1. The number of carboxylic acids is 1. The van der Waals surface area contributed by atoms with Gasteiger partial charge in [-0.2, -0.15) is 0 Å². The van der Waals surface area contributed by atoms with Crippen molar-refractivity contribution < 1.29 is 19.1 Å². The van der Waals surface area contributed by atoms with Crippen LogP contribution in [0.1, 0.15) is 20.9 Å². The monoisotopic (exact) mass is 399 g/mol. The van der Waals surface area contributed by atoms with Gasteiger partial charge in [-0.3, -0.25) is 10.1 Å². The van der Waals surface area contributed by atoms with Gasteiger partial charge in [-0.05, 0) is 54.7 Å². The third-order valence-electron chi connectivity index (χ3n) is 3.58. The Morgan fingerprint density at radius 1 is 1.00 bits per heavy atom. The normalized spacial score (nSPS) is 10.3. The van der Waals surface area contributed by atoms with E-state index in [1.54, 1.807) is 42.5 Å². The summed E-state index contributed by atoms with van der Waals surface area (Å²) in [5.41, 5.74) is 0.906. The van der Waals surface area contributed by atoms with Crippen molar-refractivity contribution in [3.05, 3.63) is 77.0 Å². The molecule has 0 radical (unpaired) electrons. The first kappa shape index (κ1) is 18.6. The number of amides is 1. The lowest BCUT2D eigenvalue weighted by Crippen LogP contribution is -2.35. The molecule has 3 rings (SSSR count). The summed E-state index contributed by atoms with van der Waals surface area (Å²) in [6, 6.07) is 16.2. The molecule has 0 atom stereocenters. The molecule has 0 saturated heterocycles. The summed E-state index contributed by atoms with van der Waals surface area (Å²) in [4.78, 5) is 23.4. The van der Waals surface area contributed by atoms with E-state index in [2.05, 4.69) is 10.6 Å². The van der Waals surface area contributed by atoms with Crippen LogP contribution in [0.2, 0.25) is 5.02 Å². The lowest BCUT2D eigenvalue weighted by atomic mass is 10.2. The zero-order valence-corrected chi connectivity index (χ0v) is 15.3. The number of carbonyl (C=O) groups is 2. The third-order valence-corrected chi connectivity index (χ3v) is 4.04. The van der Waals surface area contributed by atoms with Crippen molar-refractivity contribution in [2.24, 2.45) is 0 Å². The number of rotatable bonds is 4. The number of hydrogen-bond donors (Lipinski definition) is 2. The van der Waals surface area contributed by atoms with Crippen molar-refractivity contribution in [2.45, 2.75) is 0 Å². The molecule has 8 heteroatoms. The van der Waals surface area contributed by atoms with E-state index in [1.165, 1.54) is 18.2 Å². The number of thiocarbonyl (C=S) groups is 1. The SMILES string of the molecule is O=C(NC(=S)Nc1ccccc1C(=O)[O-])c1ccc(-c2ccc(Cl)cc2)o1. The zero-order chi connectivity index (χ0) is 19.4. The number of benzene rings is 2. The predicted octanol–water partition coefficient (Wildman–Crippen LogP) is 3.09. The lowest BCUT2D eigenvalue weighted by Gasteiger charge is -2.13. The van der Waals surface area contributed by atoms with Crippen LogP contribution in [0.15, 0.2) is 65.1 Å². The van der Waals surface area contributed by atoms with E-state index < -0.39 is 11.9 Å². The average Bonchev–Trinajstić information content (AvgIpc) is 3.13. The average molecular weight is 400 g/mol. The van der Waals surface area contributed by atoms with Crippen molar-refractivity contribution in [1.29, 1.82) is 0 Å².